The van der Waals surface area contributed by atoms with Crippen molar-refractivity contribution in [1.82, 2.24) is 0 Å². The van der Waals surface area contributed by atoms with E-state index >= 15 is 0 Å². The number of hydrogen-bond donors (Lipinski definition) is 0. The lowest BCUT2D eigenvalue weighted by molar-refractivity contribution is 0.331. The molecule has 1 aliphatic carbocycles. The van der Waals surface area contributed by atoms with Crippen LogP contribution in [0.5, 0.6) is 0 Å². The minimum Gasteiger partial charge on any atom is -0.0905 e. The topological polar surface area (TPSA) is 0 Å². The Kier molecular flexibility index (Phi) is 4.44. The van der Waals surface area contributed by atoms with Crippen LogP contribution in [-0.2, 0) is 10.8 Å². The predicted octanol–water partition coefficient (Wildman–Crippen LogP) is 7.01. The number of halogens is 1. The Morgan fingerprint density at radius 2 is 1.54 bits per heavy atom. The third kappa shape index (κ3) is 3.08. The van der Waals surface area contributed by atoms with Gasteiger partial charge in [-0.2, -0.15) is 0 Å². The zero-order valence-corrected chi connectivity index (χ0v) is 17.6. The Bertz CT molecular complexity index is 809. The van der Waals surface area contributed by atoms with Gasteiger partial charge in [-0.15, -0.1) is 0 Å². The zero-order chi connectivity index (χ0) is 17.7. The van der Waals surface area contributed by atoms with Crippen LogP contribution >= 0.6 is 22.6 Å². The van der Waals surface area contributed by atoms with E-state index in [1.54, 1.807) is 0 Å². The van der Waals surface area contributed by atoms with E-state index < -0.39 is 0 Å². The lowest BCUT2D eigenvalue weighted by Crippen LogP contribution is -2.34. The van der Waals surface area contributed by atoms with Gasteiger partial charge in [0.1, 0.15) is 0 Å². The van der Waals surface area contributed by atoms with Crippen LogP contribution in [0.3, 0.4) is 0 Å². The Hall–Kier alpha value is -1.09. The van der Waals surface area contributed by atoms with Gasteiger partial charge in [0.2, 0.25) is 0 Å². The smallest absolute Gasteiger partial charge is 0.0136 e. The average Bonchev–Trinajstić information content (AvgIpc) is 2.51. The van der Waals surface area contributed by atoms with E-state index in [0.717, 1.165) is 5.57 Å². The molecule has 0 heterocycles. The van der Waals surface area contributed by atoms with E-state index in [9.17, 15) is 0 Å². The van der Waals surface area contributed by atoms with E-state index in [0.29, 0.717) is 0 Å². The van der Waals surface area contributed by atoms with Crippen molar-refractivity contribution in [2.75, 3.05) is 0 Å². The molecule has 2 aromatic rings. The first-order valence-corrected chi connectivity index (χ1v) is 9.80. The largest absolute Gasteiger partial charge is 0.0905 e. The molecule has 0 bridgehead atoms. The molecule has 0 radical (unpaired) electrons. The Morgan fingerprint density at radius 1 is 0.958 bits per heavy atom. The maximum atomic E-state index is 4.43. The highest BCUT2D eigenvalue weighted by atomic mass is 127. The number of fused-ring (bicyclic) bond motifs is 1. The summed E-state index contributed by atoms with van der Waals surface area (Å²) in [5, 5.41) is 0. The molecule has 126 valence electrons. The first kappa shape index (κ1) is 17.7. The normalized spacial score (nSPS) is 18.1. The number of rotatable bonds is 2. The third-order valence-electron chi connectivity index (χ3n) is 5.70. The molecule has 1 heteroatoms. The van der Waals surface area contributed by atoms with Gasteiger partial charge in [-0.05, 0) is 98.7 Å². The number of aryl methyl sites for hydroxylation is 1. The molecule has 0 aromatic heterocycles. The fourth-order valence-corrected chi connectivity index (χ4v) is 4.42. The van der Waals surface area contributed by atoms with Crippen molar-refractivity contribution in [2.24, 2.45) is 0 Å². The number of benzene rings is 2. The predicted molar refractivity (Wildman–Crippen MR) is 114 cm³/mol. The van der Waals surface area contributed by atoms with Crippen LogP contribution in [0.1, 0.15) is 68.4 Å². The molecule has 0 N–H and O–H groups in total. The van der Waals surface area contributed by atoms with Crippen LogP contribution in [0.4, 0.5) is 0 Å². The minimum absolute atomic E-state index is 0.235. The van der Waals surface area contributed by atoms with Crippen LogP contribution in [0.15, 0.2) is 43.0 Å². The van der Waals surface area contributed by atoms with Gasteiger partial charge in [0.15, 0.2) is 0 Å². The van der Waals surface area contributed by atoms with Crippen molar-refractivity contribution in [3.8, 4) is 0 Å². The van der Waals surface area contributed by atoms with Gasteiger partial charge in [0.25, 0.3) is 0 Å². The van der Waals surface area contributed by atoms with Crippen LogP contribution < -0.4 is 0 Å². The highest BCUT2D eigenvalue weighted by Gasteiger charge is 2.37. The second-order valence-electron chi connectivity index (χ2n) is 8.47. The van der Waals surface area contributed by atoms with Crippen molar-refractivity contribution in [1.29, 1.82) is 0 Å². The molecule has 0 fully saturated rings. The van der Waals surface area contributed by atoms with Gasteiger partial charge in [0, 0.05) is 3.57 Å². The lowest BCUT2D eigenvalue weighted by atomic mass is 9.62. The van der Waals surface area contributed by atoms with Crippen LogP contribution in [0, 0.1) is 10.5 Å². The quantitative estimate of drug-likeness (QED) is 0.450. The summed E-state index contributed by atoms with van der Waals surface area (Å²) in [6, 6.07) is 13.5. The van der Waals surface area contributed by atoms with Gasteiger partial charge in [-0.3, -0.25) is 0 Å². The molecule has 1 aliphatic rings. The molecule has 3 rings (SSSR count). The van der Waals surface area contributed by atoms with E-state index in [-0.39, 0.29) is 10.8 Å². The van der Waals surface area contributed by atoms with Crippen molar-refractivity contribution >= 4 is 28.2 Å². The Labute approximate surface area is 160 Å². The molecular weight excluding hydrogens is 403 g/mol. The SMILES string of the molecule is C=C(c1cccc(I)c1)c1cc2c(cc1C)C(C)(C)CCC2(C)C. The van der Waals surface area contributed by atoms with E-state index in [1.807, 2.05) is 0 Å². The highest BCUT2D eigenvalue weighted by molar-refractivity contribution is 14.1. The van der Waals surface area contributed by atoms with E-state index in [1.165, 1.54) is 44.2 Å². The first-order valence-electron chi connectivity index (χ1n) is 8.73. The Balaban J connectivity index is 2.16. The molecule has 0 saturated carbocycles. The van der Waals surface area contributed by atoms with Gasteiger partial charge in [0.05, 0.1) is 0 Å². The van der Waals surface area contributed by atoms with Gasteiger partial charge < -0.3 is 0 Å². The fraction of sp³-hybridized carbons (Fsp3) is 0.391. The van der Waals surface area contributed by atoms with E-state index in [2.05, 4.69) is 100 Å². The van der Waals surface area contributed by atoms with Crippen molar-refractivity contribution in [3.63, 3.8) is 0 Å². The summed E-state index contributed by atoms with van der Waals surface area (Å²) in [7, 11) is 0. The van der Waals surface area contributed by atoms with E-state index in [4.69, 9.17) is 0 Å². The molecule has 0 atom stereocenters. The number of hydrogen-bond acceptors (Lipinski definition) is 0. The molecule has 0 saturated heterocycles. The van der Waals surface area contributed by atoms with Crippen molar-refractivity contribution in [3.05, 3.63) is 74.4 Å². The summed E-state index contributed by atoms with van der Waals surface area (Å²) in [6.07, 6.45) is 2.49. The average molecular weight is 430 g/mol. The summed E-state index contributed by atoms with van der Waals surface area (Å²) < 4.78 is 1.25. The maximum absolute atomic E-state index is 4.43. The zero-order valence-electron chi connectivity index (χ0n) is 15.5. The summed E-state index contributed by atoms with van der Waals surface area (Å²) in [4.78, 5) is 0. The summed E-state index contributed by atoms with van der Waals surface area (Å²) in [5.41, 5.74) is 8.51. The molecule has 0 unspecified atom stereocenters. The molecule has 0 nitrogen and oxygen atoms in total. The molecule has 0 aliphatic heterocycles. The third-order valence-corrected chi connectivity index (χ3v) is 6.37. The highest BCUT2D eigenvalue weighted by Crippen LogP contribution is 2.47. The molecular formula is C23H27I. The standard InChI is InChI=1S/C23H27I/c1-15-12-20-21(23(5,6)11-10-22(20,3)4)14-19(15)16(2)17-8-7-9-18(24)13-17/h7-9,12-14H,2,10-11H2,1,3-6H3. The van der Waals surface area contributed by atoms with Gasteiger partial charge in [-0.1, -0.05) is 58.5 Å². The van der Waals surface area contributed by atoms with Crippen LogP contribution in [-0.4, -0.2) is 0 Å². The monoisotopic (exact) mass is 430 g/mol. The van der Waals surface area contributed by atoms with Crippen molar-refractivity contribution < 1.29 is 0 Å². The van der Waals surface area contributed by atoms with Gasteiger partial charge >= 0.3 is 0 Å². The molecule has 0 spiro atoms. The fourth-order valence-electron chi connectivity index (χ4n) is 3.88. The summed E-state index contributed by atoms with van der Waals surface area (Å²) in [6.45, 7) is 16.2. The summed E-state index contributed by atoms with van der Waals surface area (Å²) in [5.74, 6) is 0. The van der Waals surface area contributed by atoms with Gasteiger partial charge in [-0.25, -0.2) is 0 Å². The minimum atomic E-state index is 0.235. The molecule has 2 aromatic carbocycles. The second kappa shape index (κ2) is 6.01. The van der Waals surface area contributed by atoms with Crippen molar-refractivity contribution in [2.45, 2.75) is 58.3 Å². The second-order valence-corrected chi connectivity index (χ2v) is 9.72. The molecule has 24 heavy (non-hydrogen) atoms. The lowest BCUT2D eigenvalue weighted by Gasteiger charge is -2.42. The molecule has 0 amide bonds. The van der Waals surface area contributed by atoms with Crippen LogP contribution in [0.25, 0.3) is 5.57 Å². The first-order chi connectivity index (χ1) is 11.1. The Morgan fingerprint density at radius 3 is 2.12 bits per heavy atom. The van der Waals surface area contributed by atoms with Crippen LogP contribution in [0.2, 0.25) is 0 Å². The summed E-state index contributed by atoms with van der Waals surface area (Å²) >= 11 is 2.37. The maximum Gasteiger partial charge on any atom is 0.0136 e.